The summed E-state index contributed by atoms with van der Waals surface area (Å²) < 4.78 is 56.9. The molecule has 0 bridgehead atoms. The van der Waals surface area contributed by atoms with Gasteiger partial charge in [0.1, 0.15) is 11.6 Å². The van der Waals surface area contributed by atoms with Crippen LogP contribution in [0.25, 0.3) is 33.4 Å². The van der Waals surface area contributed by atoms with Crippen molar-refractivity contribution in [2.75, 3.05) is 0 Å². The number of hydrogen-bond acceptors (Lipinski definition) is 0. The fraction of sp³-hybridized carbons (Fsp3) is 0.143. The first-order valence-corrected chi connectivity index (χ1v) is 8.13. The van der Waals surface area contributed by atoms with Crippen LogP contribution in [0.3, 0.4) is 0 Å². The lowest BCUT2D eigenvalue weighted by atomic mass is 9.78. The van der Waals surface area contributed by atoms with Crippen molar-refractivity contribution in [3.8, 4) is 33.4 Å². The highest BCUT2D eigenvalue weighted by Crippen LogP contribution is 2.52. The van der Waals surface area contributed by atoms with E-state index < -0.39 is 23.3 Å². The molecular formula is C21H14F4. The molecule has 0 atom stereocenters. The van der Waals surface area contributed by atoms with Gasteiger partial charge in [-0.05, 0) is 35.2 Å². The Hall–Kier alpha value is -2.62. The molecule has 4 heteroatoms. The molecule has 25 heavy (non-hydrogen) atoms. The van der Waals surface area contributed by atoms with E-state index in [1.54, 1.807) is 12.1 Å². The number of rotatable bonds is 3. The van der Waals surface area contributed by atoms with E-state index >= 15 is 0 Å². The maximum absolute atomic E-state index is 15.0. The van der Waals surface area contributed by atoms with Gasteiger partial charge in [0.05, 0.1) is 0 Å². The summed E-state index contributed by atoms with van der Waals surface area (Å²) in [6, 6.07) is 10.2. The van der Waals surface area contributed by atoms with Gasteiger partial charge in [-0.25, -0.2) is 17.6 Å². The van der Waals surface area contributed by atoms with Crippen molar-refractivity contribution >= 4 is 0 Å². The third-order valence-electron chi connectivity index (χ3n) is 4.64. The highest BCUT2D eigenvalue weighted by Gasteiger charge is 2.32. The van der Waals surface area contributed by atoms with Crippen molar-refractivity contribution in [3.05, 3.63) is 71.3 Å². The molecule has 3 aromatic carbocycles. The second-order valence-electron chi connectivity index (χ2n) is 6.20. The minimum absolute atomic E-state index is 0.0153. The van der Waals surface area contributed by atoms with E-state index in [1.165, 1.54) is 24.3 Å². The predicted octanol–water partition coefficient (Wildman–Crippen LogP) is 6.51. The van der Waals surface area contributed by atoms with Crippen LogP contribution in [-0.2, 0) is 6.42 Å². The molecule has 126 valence electrons. The molecule has 0 aromatic heterocycles. The second kappa shape index (κ2) is 5.73. The molecule has 1 aliphatic rings. The van der Waals surface area contributed by atoms with Crippen LogP contribution in [0.5, 0.6) is 0 Å². The summed E-state index contributed by atoms with van der Waals surface area (Å²) in [4.78, 5) is 0. The van der Waals surface area contributed by atoms with Crippen molar-refractivity contribution in [2.24, 2.45) is 0 Å². The standard InChI is InChI=1S/C21H14F4/c1-2-3-11-4-5-12(17(23)10-11)15-7-6-13-14-8-9-16(22)21(25)19(14)18(13)20(15)24/h4-10H,2-3H2,1H3. The van der Waals surface area contributed by atoms with Crippen LogP contribution in [0, 0.1) is 23.3 Å². The Kier molecular flexibility index (Phi) is 3.64. The predicted molar refractivity (Wildman–Crippen MR) is 90.1 cm³/mol. The van der Waals surface area contributed by atoms with Crippen LogP contribution < -0.4 is 0 Å². The quantitative estimate of drug-likeness (QED) is 0.372. The van der Waals surface area contributed by atoms with Gasteiger partial charge in [0, 0.05) is 22.3 Å². The van der Waals surface area contributed by atoms with Crippen molar-refractivity contribution < 1.29 is 17.6 Å². The van der Waals surface area contributed by atoms with Crippen LogP contribution in [0.2, 0.25) is 0 Å². The molecule has 0 saturated heterocycles. The summed E-state index contributed by atoms with van der Waals surface area (Å²) in [6.07, 6.45) is 1.62. The SMILES string of the molecule is CCCc1ccc(-c2ccc3c(c2F)-c2c-3ccc(F)c2F)c(F)c1. The molecular weight excluding hydrogens is 328 g/mol. The third-order valence-corrected chi connectivity index (χ3v) is 4.64. The molecule has 0 amide bonds. The Bertz CT molecular complexity index is 1010. The van der Waals surface area contributed by atoms with Crippen LogP contribution >= 0.6 is 0 Å². The van der Waals surface area contributed by atoms with Gasteiger partial charge in [-0.3, -0.25) is 0 Å². The van der Waals surface area contributed by atoms with Crippen LogP contribution in [-0.4, -0.2) is 0 Å². The lowest BCUT2D eigenvalue weighted by Gasteiger charge is -2.26. The average Bonchev–Trinajstić information content (AvgIpc) is 2.56. The number of aryl methyl sites for hydroxylation is 1. The summed E-state index contributed by atoms with van der Waals surface area (Å²) in [7, 11) is 0. The fourth-order valence-electron chi connectivity index (χ4n) is 3.43. The molecule has 0 nitrogen and oxygen atoms in total. The Balaban J connectivity index is 1.85. The number of fused-ring (bicyclic) bond motifs is 4. The molecule has 0 radical (unpaired) electrons. The van der Waals surface area contributed by atoms with Gasteiger partial charge in [0.2, 0.25) is 0 Å². The zero-order valence-electron chi connectivity index (χ0n) is 13.5. The summed E-state index contributed by atoms with van der Waals surface area (Å²) in [5, 5.41) is 0. The molecule has 0 spiro atoms. The van der Waals surface area contributed by atoms with E-state index in [4.69, 9.17) is 0 Å². The Morgan fingerprint density at radius 2 is 1.24 bits per heavy atom. The molecule has 0 N–H and O–H groups in total. The highest BCUT2D eigenvalue weighted by molar-refractivity contribution is 6.04. The van der Waals surface area contributed by atoms with Gasteiger partial charge < -0.3 is 0 Å². The van der Waals surface area contributed by atoms with Gasteiger partial charge in [-0.1, -0.05) is 43.7 Å². The van der Waals surface area contributed by atoms with Gasteiger partial charge in [-0.2, -0.15) is 0 Å². The Morgan fingerprint density at radius 1 is 0.640 bits per heavy atom. The van der Waals surface area contributed by atoms with Crippen LogP contribution in [0.15, 0.2) is 42.5 Å². The van der Waals surface area contributed by atoms with Crippen LogP contribution in [0.4, 0.5) is 17.6 Å². The first-order chi connectivity index (χ1) is 12.0. The molecule has 0 aliphatic heterocycles. The van der Waals surface area contributed by atoms with E-state index in [-0.39, 0.29) is 22.3 Å². The first-order valence-electron chi connectivity index (χ1n) is 8.13. The maximum atomic E-state index is 15.0. The third kappa shape index (κ3) is 2.28. The normalized spacial score (nSPS) is 11.7. The monoisotopic (exact) mass is 342 g/mol. The number of halogens is 4. The van der Waals surface area contributed by atoms with E-state index in [9.17, 15) is 17.6 Å². The summed E-state index contributed by atoms with van der Waals surface area (Å²) in [6.45, 7) is 1.99. The maximum Gasteiger partial charge on any atom is 0.167 e. The minimum atomic E-state index is -1.07. The summed E-state index contributed by atoms with van der Waals surface area (Å²) >= 11 is 0. The first kappa shape index (κ1) is 15.9. The lowest BCUT2D eigenvalue weighted by Crippen LogP contribution is -2.07. The van der Waals surface area contributed by atoms with E-state index in [0.29, 0.717) is 11.1 Å². The number of benzene rings is 3. The largest absolute Gasteiger partial charge is 0.206 e. The fourth-order valence-corrected chi connectivity index (χ4v) is 3.43. The minimum Gasteiger partial charge on any atom is -0.206 e. The molecule has 3 aromatic rings. The molecule has 0 unspecified atom stereocenters. The molecule has 0 fully saturated rings. The number of hydrogen-bond donors (Lipinski definition) is 0. The molecule has 0 saturated carbocycles. The Morgan fingerprint density at radius 3 is 1.92 bits per heavy atom. The van der Waals surface area contributed by atoms with Crippen molar-refractivity contribution in [3.63, 3.8) is 0 Å². The average molecular weight is 342 g/mol. The van der Waals surface area contributed by atoms with Crippen molar-refractivity contribution in [1.82, 2.24) is 0 Å². The zero-order valence-corrected chi connectivity index (χ0v) is 13.5. The summed E-state index contributed by atoms with van der Waals surface area (Å²) in [5.74, 6) is -3.34. The van der Waals surface area contributed by atoms with E-state index in [0.717, 1.165) is 24.5 Å². The molecule has 0 heterocycles. The van der Waals surface area contributed by atoms with E-state index in [2.05, 4.69) is 0 Å². The zero-order chi connectivity index (χ0) is 17.7. The van der Waals surface area contributed by atoms with Gasteiger partial charge in [-0.15, -0.1) is 0 Å². The summed E-state index contributed by atoms with van der Waals surface area (Å²) in [5.41, 5.74) is 1.93. The van der Waals surface area contributed by atoms with Crippen molar-refractivity contribution in [2.45, 2.75) is 19.8 Å². The lowest BCUT2D eigenvalue weighted by molar-refractivity contribution is 0.509. The topological polar surface area (TPSA) is 0 Å². The van der Waals surface area contributed by atoms with Gasteiger partial charge >= 0.3 is 0 Å². The Labute approximate surface area is 142 Å². The molecule has 1 aliphatic carbocycles. The van der Waals surface area contributed by atoms with Gasteiger partial charge in [0.15, 0.2) is 11.6 Å². The highest BCUT2D eigenvalue weighted by atomic mass is 19.2. The second-order valence-corrected chi connectivity index (χ2v) is 6.20. The molecule has 4 rings (SSSR count). The van der Waals surface area contributed by atoms with Crippen molar-refractivity contribution in [1.29, 1.82) is 0 Å². The van der Waals surface area contributed by atoms with Crippen LogP contribution in [0.1, 0.15) is 18.9 Å². The smallest absolute Gasteiger partial charge is 0.167 e. The van der Waals surface area contributed by atoms with Gasteiger partial charge in [0.25, 0.3) is 0 Å². The van der Waals surface area contributed by atoms with E-state index in [1.807, 2.05) is 6.92 Å².